The van der Waals surface area contributed by atoms with E-state index in [-0.39, 0.29) is 0 Å². The van der Waals surface area contributed by atoms with Crippen LogP contribution in [-0.4, -0.2) is 9.55 Å². The van der Waals surface area contributed by atoms with Gasteiger partial charge in [-0.15, -0.1) is 0 Å². The van der Waals surface area contributed by atoms with Gasteiger partial charge < -0.3 is 4.57 Å². The van der Waals surface area contributed by atoms with Crippen LogP contribution in [0.2, 0.25) is 10.2 Å². The summed E-state index contributed by atoms with van der Waals surface area (Å²) in [4.78, 5) is 4.52. The number of halogens is 2. The molecular formula is C14H14Cl2N2. The lowest BCUT2D eigenvalue weighted by Crippen LogP contribution is -2.15. The standard InChI is InChI=1S/C14H14Cl2N2/c1-9-4-2-7-12-13(16)17-14(18(9)12)10-5-3-6-11(15)8-10/h3,5-6,8-9H,2,4,7H2,1H3. The minimum Gasteiger partial charge on any atom is -0.324 e. The van der Waals surface area contributed by atoms with Crippen molar-refractivity contribution in [2.45, 2.75) is 32.2 Å². The first-order chi connectivity index (χ1) is 8.66. The van der Waals surface area contributed by atoms with Gasteiger partial charge in [0, 0.05) is 16.6 Å². The maximum absolute atomic E-state index is 6.25. The first kappa shape index (κ1) is 12.1. The van der Waals surface area contributed by atoms with Gasteiger partial charge in [-0.3, -0.25) is 0 Å². The van der Waals surface area contributed by atoms with Crippen molar-refractivity contribution in [2.75, 3.05) is 0 Å². The third-order valence-electron chi connectivity index (χ3n) is 3.52. The molecule has 0 radical (unpaired) electrons. The molecular weight excluding hydrogens is 267 g/mol. The van der Waals surface area contributed by atoms with Gasteiger partial charge in [0.25, 0.3) is 0 Å². The predicted molar refractivity (Wildman–Crippen MR) is 75.3 cm³/mol. The summed E-state index contributed by atoms with van der Waals surface area (Å²) < 4.78 is 2.26. The molecule has 1 atom stereocenters. The lowest BCUT2D eigenvalue weighted by molar-refractivity contribution is 0.436. The van der Waals surface area contributed by atoms with Gasteiger partial charge in [-0.1, -0.05) is 35.3 Å². The summed E-state index contributed by atoms with van der Waals surface area (Å²) >= 11 is 12.3. The molecule has 1 aliphatic heterocycles. The zero-order valence-electron chi connectivity index (χ0n) is 10.2. The van der Waals surface area contributed by atoms with E-state index in [0.29, 0.717) is 11.2 Å². The van der Waals surface area contributed by atoms with Gasteiger partial charge in [0.05, 0.1) is 5.69 Å². The van der Waals surface area contributed by atoms with Crippen molar-refractivity contribution < 1.29 is 0 Å². The Morgan fingerprint density at radius 2 is 2.17 bits per heavy atom. The molecule has 0 amide bonds. The highest BCUT2D eigenvalue weighted by Gasteiger charge is 2.24. The Hall–Kier alpha value is -0.990. The molecule has 2 heterocycles. The first-order valence-electron chi connectivity index (χ1n) is 6.19. The second-order valence-electron chi connectivity index (χ2n) is 4.79. The van der Waals surface area contributed by atoms with Crippen molar-refractivity contribution in [3.05, 3.63) is 40.1 Å². The summed E-state index contributed by atoms with van der Waals surface area (Å²) in [6.45, 7) is 2.22. The quantitative estimate of drug-likeness (QED) is 0.737. The fourth-order valence-corrected chi connectivity index (χ4v) is 3.12. The molecule has 4 heteroatoms. The van der Waals surface area contributed by atoms with Crippen molar-refractivity contribution in [1.29, 1.82) is 0 Å². The SMILES string of the molecule is CC1CCCc2c(Cl)nc(-c3cccc(Cl)c3)n21. The number of imidazole rings is 1. The minimum atomic E-state index is 0.447. The van der Waals surface area contributed by atoms with E-state index in [9.17, 15) is 0 Å². The number of hydrogen-bond donors (Lipinski definition) is 0. The molecule has 1 aromatic carbocycles. The van der Waals surface area contributed by atoms with Crippen molar-refractivity contribution in [1.82, 2.24) is 9.55 Å². The van der Waals surface area contributed by atoms with E-state index in [2.05, 4.69) is 16.5 Å². The van der Waals surface area contributed by atoms with Crippen molar-refractivity contribution in [3.63, 3.8) is 0 Å². The van der Waals surface area contributed by atoms with Crippen molar-refractivity contribution in [3.8, 4) is 11.4 Å². The molecule has 0 aliphatic carbocycles. The van der Waals surface area contributed by atoms with Crippen LogP contribution in [0.15, 0.2) is 24.3 Å². The Morgan fingerprint density at radius 1 is 1.33 bits per heavy atom. The Bertz CT molecular complexity index is 589. The molecule has 0 N–H and O–H groups in total. The van der Waals surface area contributed by atoms with Crippen LogP contribution < -0.4 is 0 Å². The zero-order chi connectivity index (χ0) is 12.7. The molecule has 18 heavy (non-hydrogen) atoms. The van der Waals surface area contributed by atoms with E-state index < -0.39 is 0 Å². The van der Waals surface area contributed by atoms with Gasteiger partial charge >= 0.3 is 0 Å². The topological polar surface area (TPSA) is 17.8 Å². The number of rotatable bonds is 1. The normalized spacial score (nSPS) is 18.7. The van der Waals surface area contributed by atoms with Gasteiger partial charge in [0.15, 0.2) is 5.15 Å². The van der Waals surface area contributed by atoms with E-state index in [1.165, 1.54) is 12.8 Å². The Labute approximate surface area is 117 Å². The zero-order valence-corrected chi connectivity index (χ0v) is 11.7. The van der Waals surface area contributed by atoms with Gasteiger partial charge in [-0.05, 0) is 38.3 Å². The van der Waals surface area contributed by atoms with Crippen LogP contribution in [0.5, 0.6) is 0 Å². The molecule has 1 unspecified atom stereocenters. The summed E-state index contributed by atoms with van der Waals surface area (Å²) in [7, 11) is 0. The summed E-state index contributed by atoms with van der Waals surface area (Å²) in [5.41, 5.74) is 2.19. The second-order valence-corrected chi connectivity index (χ2v) is 5.59. The van der Waals surface area contributed by atoms with Crippen LogP contribution in [0.4, 0.5) is 0 Å². The maximum atomic E-state index is 6.25. The first-order valence-corrected chi connectivity index (χ1v) is 6.95. The summed E-state index contributed by atoms with van der Waals surface area (Å²) in [6.07, 6.45) is 3.37. The molecule has 0 spiro atoms. The van der Waals surface area contributed by atoms with Gasteiger partial charge in [0.2, 0.25) is 0 Å². The monoisotopic (exact) mass is 280 g/mol. The molecule has 0 bridgehead atoms. The van der Waals surface area contributed by atoms with E-state index in [1.54, 1.807) is 0 Å². The highest BCUT2D eigenvalue weighted by atomic mass is 35.5. The highest BCUT2D eigenvalue weighted by molar-refractivity contribution is 6.31. The van der Waals surface area contributed by atoms with Gasteiger partial charge in [0.1, 0.15) is 5.82 Å². The van der Waals surface area contributed by atoms with Crippen LogP contribution in [0, 0.1) is 0 Å². The number of benzene rings is 1. The average Bonchev–Trinajstić information content (AvgIpc) is 2.69. The molecule has 2 nitrogen and oxygen atoms in total. The summed E-state index contributed by atoms with van der Waals surface area (Å²) in [6, 6.07) is 8.23. The maximum Gasteiger partial charge on any atom is 0.150 e. The molecule has 0 saturated heterocycles. The Kier molecular flexibility index (Phi) is 3.08. The van der Waals surface area contributed by atoms with Crippen LogP contribution in [-0.2, 0) is 6.42 Å². The molecule has 94 valence electrons. The fraction of sp³-hybridized carbons (Fsp3) is 0.357. The van der Waals surface area contributed by atoms with Gasteiger partial charge in [-0.25, -0.2) is 4.98 Å². The van der Waals surface area contributed by atoms with E-state index in [1.807, 2.05) is 24.3 Å². The summed E-state index contributed by atoms with van der Waals surface area (Å²) in [5.74, 6) is 0.935. The van der Waals surface area contributed by atoms with E-state index >= 15 is 0 Å². The van der Waals surface area contributed by atoms with E-state index in [4.69, 9.17) is 23.2 Å². The molecule has 1 aliphatic rings. The van der Waals surface area contributed by atoms with Crippen LogP contribution in [0.3, 0.4) is 0 Å². The molecule has 3 rings (SSSR count). The largest absolute Gasteiger partial charge is 0.324 e. The number of aromatic nitrogens is 2. The number of nitrogens with zero attached hydrogens (tertiary/aromatic N) is 2. The van der Waals surface area contributed by atoms with Crippen LogP contribution >= 0.6 is 23.2 Å². The molecule has 1 aromatic heterocycles. The van der Waals surface area contributed by atoms with Gasteiger partial charge in [-0.2, -0.15) is 0 Å². The average molecular weight is 281 g/mol. The fourth-order valence-electron chi connectivity index (χ4n) is 2.66. The molecule has 2 aromatic rings. The third kappa shape index (κ3) is 1.94. The lowest BCUT2D eigenvalue weighted by atomic mass is 10.0. The number of fused-ring (bicyclic) bond motifs is 1. The van der Waals surface area contributed by atoms with E-state index in [0.717, 1.165) is 28.5 Å². The van der Waals surface area contributed by atoms with Crippen LogP contribution in [0.1, 0.15) is 31.5 Å². The van der Waals surface area contributed by atoms with Crippen molar-refractivity contribution >= 4 is 23.2 Å². The second kappa shape index (κ2) is 4.60. The Morgan fingerprint density at radius 3 is 2.94 bits per heavy atom. The third-order valence-corrected chi connectivity index (χ3v) is 4.06. The molecule has 0 saturated carbocycles. The number of hydrogen-bond acceptors (Lipinski definition) is 1. The minimum absolute atomic E-state index is 0.447. The predicted octanol–water partition coefficient (Wildman–Crippen LogP) is 4.75. The Balaban J connectivity index is 2.18. The lowest BCUT2D eigenvalue weighted by Gasteiger charge is -2.24. The summed E-state index contributed by atoms with van der Waals surface area (Å²) in [5, 5.41) is 1.36. The smallest absolute Gasteiger partial charge is 0.150 e. The molecule has 0 fully saturated rings. The highest BCUT2D eigenvalue weighted by Crippen LogP contribution is 2.35. The van der Waals surface area contributed by atoms with Crippen LogP contribution in [0.25, 0.3) is 11.4 Å². The van der Waals surface area contributed by atoms with Crippen molar-refractivity contribution in [2.24, 2.45) is 0 Å².